The van der Waals surface area contributed by atoms with Crippen molar-refractivity contribution in [1.82, 2.24) is 19.6 Å². The van der Waals surface area contributed by atoms with Gasteiger partial charge in [-0.3, -0.25) is 4.79 Å². The predicted molar refractivity (Wildman–Crippen MR) is 127 cm³/mol. The second kappa shape index (κ2) is 9.70. The average molecular weight is 429 g/mol. The molecule has 0 bridgehead atoms. The molecule has 1 aliphatic heterocycles. The van der Waals surface area contributed by atoms with Crippen molar-refractivity contribution in [1.29, 1.82) is 0 Å². The van der Waals surface area contributed by atoms with Crippen molar-refractivity contribution in [3.05, 3.63) is 83.7 Å². The summed E-state index contributed by atoms with van der Waals surface area (Å²) in [6.45, 7) is 4.63. The Morgan fingerprint density at radius 3 is 2.53 bits per heavy atom. The molecule has 2 aliphatic rings. The topological polar surface area (TPSA) is 41.4 Å². The number of benzene rings is 2. The van der Waals surface area contributed by atoms with Gasteiger partial charge in [0.05, 0.1) is 17.9 Å². The van der Waals surface area contributed by atoms with E-state index in [1.54, 1.807) is 0 Å². The molecule has 0 N–H and O–H groups in total. The highest BCUT2D eigenvalue weighted by atomic mass is 16.2. The molecule has 1 aliphatic carbocycles. The van der Waals surface area contributed by atoms with E-state index in [9.17, 15) is 4.79 Å². The summed E-state index contributed by atoms with van der Waals surface area (Å²) in [5, 5.41) is 4.55. The lowest BCUT2D eigenvalue weighted by molar-refractivity contribution is -0.136. The molecule has 1 atom stereocenters. The number of amides is 1. The molecule has 2 heterocycles. The number of carbonyl (C=O) groups is 1. The van der Waals surface area contributed by atoms with Crippen molar-refractivity contribution in [3.8, 4) is 5.69 Å². The van der Waals surface area contributed by atoms with Crippen LogP contribution in [0.3, 0.4) is 0 Å². The summed E-state index contributed by atoms with van der Waals surface area (Å²) in [6, 6.07) is 20.8. The number of rotatable bonds is 7. The van der Waals surface area contributed by atoms with Crippen LogP contribution in [-0.2, 0) is 24.2 Å². The summed E-state index contributed by atoms with van der Waals surface area (Å²) in [5.41, 5.74) is 4.83. The SMILES string of the molecule is O=C(C1CCc2ccccc2C1)N(CCN1CCCC1)Cc1ccnn1-c1ccccc1. The highest BCUT2D eigenvalue weighted by Gasteiger charge is 2.29. The number of fused-ring (bicyclic) bond motifs is 1. The molecule has 1 aromatic heterocycles. The first-order chi connectivity index (χ1) is 15.8. The summed E-state index contributed by atoms with van der Waals surface area (Å²) in [7, 11) is 0. The van der Waals surface area contributed by atoms with Crippen molar-refractivity contribution >= 4 is 5.91 Å². The minimum Gasteiger partial charge on any atom is -0.335 e. The van der Waals surface area contributed by atoms with Crippen LogP contribution < -0.4 is 0 Å². The smallest absolute Gasteiger partial charge is 0.226 e. The summed E-state index contributed by atoms with van der Waals surface area (Å²) in [5.74, 6) is 0.357. The Bertz CT molecular complexity index is 1040. The van der Waals surface area contributed by atoms with Gasteiger partial charge in [0.2, 0.25) is 5.91 Å². The fourth-order valence-electron chi connectivity index (χ4n) is 5.15. The van der Waals surface area contributed by atoms with E-state index in [-0.39, 0.29) is 5.92 Å². The molecule has 1 saturated heterocycles. The van der Waals surface area contributed by atoms with Gasteiger partial charge in [0.25, 0.3) is 0 Å². The number of hydrogen-bond donors (Lipinski definition) is 0. The fourth-order valence-corrected chi connectivity index (χ4v) is 5.15. The zero-order chi connectivity index (χ0) is 21.8. The Kier molecular flexibility index (Phi) is 6.35. The third-order valence-corrected chi connectivity index (χ3v) is 6.97. The molecule has 2 aromatic carbocycles. The second-order valence-corrected chi connectivity index (χ2v) is 9.09. The third kappa shape index (κ3) is 4.63. The van der Waals surface area contributed by atoms with Crippen LogP contribution in [0.15, 0.2) is 66.9 Å². The van der Waals surface area contributed by atoms with Crippen molar-refractivity contribution in [3.63, 3.8) is 0 Å². The third-order valence-electron chi connectivity index (χ3n) is 6.97. The number of hydrogen-bond acceptors (Lipinski definition) is 3. The quantitative estimate of drug-likeness (QED) is 0.569. The van der Waals surface area contributed by atoms with E-state index in [1.165, 1.54) is 24.0 Å². The molecule has 5 rings (SSSR count). The van der Waals surface area contributed by atoms with Crippen molar-refractivity contribution in [2.75, 3.05) is 26.2 Å². The molecular formula is C27H32N4O. The van der Waals surface area contributed by atoms with E-state index in [1.807, 2.05) is 35.1 Å². The molecule has 1 fully saturated rings. The molecule has 0 saturated carbocycles. The molecule has 5 nitrogen and oxygen atoms in total. The maximum Gasteiger partial charge on any atom is 0.226 e. The minimum absolute atomic E-state index is 0.0663. The summed E-state index contributed by atoms with van der Waals surface area (Å²) in [4.78, 5) is 18.3. The largest absolute Gasteiger partial charge is 0.335 e. The normalized spacial score (nSPS) is 18.4. The van der Waals surface area contributed by atoms with Crippen LogP contribution in [0.25, 0.3) is 5.69 Å². The van der Waals surface area contributed by atoms with Gasteiger partial charge >= 0.3 is 0 Å². The Morgan fingerprint density at radius 1 is 0.969 bits per heavy atom. The van der Waals surface area contributed by atoms with Gasteiger partial charge in [-0.1, -0.05) is 42.5 Å². The lowest BCUT2D eigenvalue weighted by Gasteiger charge is -2.31. The van der Waals surface area contributed by atoms with Gasteiger partial charge < -0.3 is 9.80 Å². The zero-order valence-corrected chi connectivity index (χ0v) is 18.7. The summed E-state index contributed by atoms with van der Waals surface area (Å²) in [6.07, 6.45) is 7.17. The molecule has 1 unspecified atom stereocenters. The Morgan fingerprint density at radius 2 is 1.72 bits per heavy atom. The van der Waals surface area contributed by atoms with Crippen LogP contribution in [0.2, 0.25) is 0 Å². The molecule has 5 heteroatoms. The standard InChI is InChI=1S/C27H32N4O/c32-27(24-13-12-22-8-4-5-9-23(22)20-24)30(19-18-29-16-6-7-17-29)21-26-14-15-28-31(26)25-10-2-1-3-11-25/h1-5,8-11,14-15,24H,6-7,12-13,16-21H2. The van der Waals surface area contributed by atoms with E-state index in [2.05, 4.69) is 51.3 Å². The van der Waals surface area contributed by atoms with E-state index >= 15 is 0 Å². The number of para-hydroxylation sites is 1. The first-order valence-electron chi connectivity index (χ1n) is 11.9. The van der Waals surface area contributed by atoms with Crippen LogP contribution >= 0.6 is 0 Å². The molecular weight excluding hydrogens is 396 g/mol. The zero-order valence-electron chi connectivity index (χ0n) is 18.7. The number of aromatic nitrogens is 2. The molecule has 0 spiro atoms. The first kappa shape index (κ1) is 21.0. The summed E-state index contributed by atoms with van der Waals surface area (Å²) >= 11 is 0. The van der Waals surface area contributed by atoms with Crippen molar-refractivity contribution in [2.24, 2.45) is 5.92 Å². The lowest BCUT2D eigenvalue weighted by Crippen LogP contribution is -2.42. The Labute approximate surface area is 190 Å². The first-order valence-corrected chi connectivity index (χ1v) is 11.9. The number of carbonyl (C=O) groups excluding carboxylic acids is 1. The fraction of sp³-hybridized carbons (Fsp3) is 0.407. The summed E-state index contributed by atoms with van der Waals surface area (Å²) < 4.78 is 1.96. The van der Waals surface area contributed by atoms with E-state index in [0.29, 0.717) is 12.5 Å². The molecule has 3 aromatic rings. The van der Waals surface area contributed by atoms with Gasteiger partial charge in [-0.2, -0.15) is 5.10 Å². The Hall–Kier alpha value is -2.92. The molecule has 1 amide bonds. The number of likely N-dealkylation sites (tertiary alicyclic amines) is 1. The monoisotopic (exact) mass is 428 g/mol. The number of nitrogens with zero attached hydrogens (tertiary/aromatic N) is 4. The van der Waals surface area contributed by atoms with Crippen LogP contribution in [0.1, 0.15) is 36.1 Å². The van der Waals surface area contributed by atoms with E-state index in [0.717, 1.165) is 56.8 Å². The maximum atomic E-state index is 13.8. The molecule has 0 radical (unpaired) electrons. The van der Waals surface area contributed by atoms with Crippen molar-refractivity contribution < 1.29 is 4.79 Å². The minimum atomic E-state index is 0.0663. The van der Waals surface area contributed by atoms with Crippen LogP contribution in [0.5, 0.6) is 0 Å². The highest BCUT2D eigenvalue weighted by Crippen LogP contribution is 2.27. The molecule has 166 valence electrons. The van der Waals surface area contributed by atoms with Crippen LogP contribution in [0, 0.1) is 5.92 Å². The van der Waals surface area contributed by atoms with Gasteiger partial charge in [0, 0.05) is 25.2 Å². The van der Waals surface area contributed by atoms with Gasteiger partial charge in [-0.05, 0) is 74.5 Å². The predicted octanol–water partition coefficient (Wildman–Crippen LogP) is 4.10. The van der Waals surface area contributed by atoms with Crippen LogP contribution in [-0.4, -0.2) is 51.7 Å². The lowest BCUT2D eigenvalue weighted by atomic mass is 9.83. The van der Waals surface area contributed by atoms with Gasteiger partial charge in [-0.15, -0.1) is 0 Å². The molecule has 32 heavy (non-hydrogen) atoms. The van der Waals surface area contributed by atoms with Gasteiger partial charge in [0.15, 0.2) is 0 Å². The number of aryl methyl sites for hydroxylation is 1. The van der Waals surface area contributed by atoms with Crippen molar-refractivity contribution in [2.45, 2.75) is 38.6 Å². The average Bonchev–Trinajstić information content (AvgIpc) is 3.54. The maximum absolute atomic E-state index is 13.8. The highest BCUT2D eigenvalue weighted by molar-refractivity contribution is 5.79. The van der Waals surface area contributed by atoms with E-state index in [4.69, 9.17) is 0 Å². The van der Waals surface area contributed by atoms with Gasteiger partial charge in [-0.25, -0.2) is 4.68 Å². The van der Waals surface area contributed by atoms with Crippen LogP contribution in [0.4, 0.5) is 0 Å². The Balaban J connectivity index is 1.35. The van der Waals surface area contributed by atoms with E-state index < -0.39 is 0 Å². The second-order valence-electron chi connectivity index (χ2n) is 9.09. The van der Waals surface area contributed by atoms with Gasteiger partial charge in [0.1, 0.15) is 0 Å².